The van der Waals surface area contributed by atoms with Crippen LogP contribution in [0.5, 0.6) is 0 Å². The number of nitrogens with zero attached hydrogens (tertiary/aromatic N) is 1. The summed E-state index contributed by atoms with van der Waals surface area (Å²) in [5, 5.41) is 8.46. The van der Waals surface area contributed by atoms with E-state index in [-0.39, 0.29) is 18.6 Å². The van der Waals surface area contributed by atoms with Crippen molar-refractivity contribution in [2.24, 2.45) is 0 Å². The second kappa shape index (κ2) is 12.0. The summed E-state index contributed by atoms with van der Waals surface area (Å²) in [6.07, 6.45) is 5.69. The van der Waals surface area contributed by atoms with Crippen LogP contribution in [0.15, 0.2) is 90.6 Å². The Balaban J connectivity index is 0.000000237. The van der Waals surface area contributed by atoms with Gasteiger partial charge in [0, 0.05) is 16.3 Å². The van der Waals surface area contributed by atoms with Crippen molar-refractivity contribution >= 4 is 23.4 Å². The Hall–Kier alpha value is -2.63. The molecule has 0 bridgehead atoms. The van der Waals surface area contributed by atoms with Crippen molar-refractivity contribution in [3.63, 3.8) is 0 Å². The number of thioether (sulfide) groups is 1. The van der Waals surface area contributed by atoms with Gasteiger partial charge in [-0.3, -0.25) is 4.79 Å². The van der Waals surface area contributed by atoms with E-state index in [1.807, 2.05) is 35.2 Å². The zero-order valence-electron chi connectivity index (χ0n) is 16.5. The summed E-state index contributed by atoms with van der Waals surface area (Å²) in [7, 11) is 0. The fourth-order valence-corrected chi connectivity index (χ4v) is 3.55. The van der Waals surface area contributed by atoms with Gasteiger partial charge in [-0.25, -0.2) is 4.39 Å². The number of para-hydroxylation sites is 1. The van der Waals surface area contributed by atoms with E-state index in [0.717, 1.165) is 10.6 Å². The number of halogens is 1. The van der Waals surface area contributed by atoms with E-state index < -0.39 is 0 Å². The monoisotopic (exact) mass is 411 g/mol. The number of benzene rings is 2. The Morgan fingerprint density at radius 1 is 1.24 bits per heavy atom. The van der Waals surface area contributed by atoms with Crippen LogP contribution in [0.1, 0.15) is 23.6 Å². The van der Waals surface area contributed by atoms with Crippen molar-refractivity contribution in [3.8, 4) is 0 Å². The van der Waals surface area contributed by atoms with E-state index in [4.69, 9.17) is 5.11 Å². The molecule has 5 heteroatoms. The van der Waals surface area contributed by atoms with Crippen molar-refractivity contribution in [3.05, 3.63) is 102 Å². The lowest BCUT2D eigenvalue weighted by molar-refractivity contribution is -0.124. The number of anilines is 1. The Kier molecular flexibility index (Phi) is 9.41. The molecule has 3 nitrogen and oxygen atoms in total. The minimum absolute atomic E-state index is 0.0965. The maximum absolute atomic E-state index is 11.8. The number of rotatable bonds is 7. The van der Waals surface area contributed by atoms with Gasteiger partial charge in [0.25, 0.3) is 0 Å². The molecule has 1 amide bonds. The summed E-state index contributed by atoms with van der Waals surface area (Å²) in [6.45, 7) is 5.65. The largest absolute Gasteiger partial charge is 0.396 e. The van der Waals surface area contributed by atoms with Gasteiger partial charge in [0.05, 0.1) is 25.4 Å². The number of hydrogen-bond acceptors (Lipinski definition) is 3. The first-order chi connectivity index (χ1) is 14.1. The Labute approximate surface area is 176 Å². The second-order valence-electron chi connectivity index (χ2n) is 6.40. The Morgan fingerprint density at radius 3 is 2.48 bits per heavy atom. The first-order valence-corrected chi connectivity index (χ1v) is 10.4. The fraction of sp³-hybridized carbons (Fsp3) is 0.208. The van der Waals surface area contributed by atoms with Crippen LogP contribution < -0.4 is 4.90 Å². The Morgan fingerprint density at radius 2 is 1.93 bits per heavy atom. The van der Waals surface area contributed by atoms with Crippen molar-refractivity contribution in [2.45, 2.75) is 19.4 Å². The normalized spacial score (nSPS) is 16.2. The Bertz CT molecular complexity index is 847. The van der Waals surface area contributed by atoms with Crippen LogP contribution >= 0.6 is 11.8 Å². The molecule has 1 N–H and O–H groups in total. The van der Waals surface area contributed by atoms with Crippen LogP contribution in [0.2, 0.25) is 0 Å². The first kappa shape index (κ1) is 22.7. The van der Waals surface area contributed by atoms with Gasteiger partial charge in [0.15, 0.2) is 0 Å². The van der Waals surface area contributed by atoms with E-state index >= 15 is 0 Å². The highest BCUT2D eigenvalue weighted by atomic mass is 32.2. The van der Waals surface area contributed by atoms with Crippen LogP contribution in [0, 0.1) is 6.92 Å². The third-order valence-electron chi connectivity index (χ3n) is 4.31. The van der Waals surface area contributed by atoms with Gasteiger partial charge in [-0.05, 0) is 36.8 Å². The maximum atomic E-state index is 11.8. The van der Waals surface area contributed by atoms with Crippen LogP contribution in [0.25, 0.3) is 0 Å². The van der Waals surface area contributed by atoms with Crippen LogP contribution in [-0.4, -0.2) is 23.4 Å². The number of β-lactam (4-membered cyclic amide) rings is 1. The zero-order valence-corrected chi connectivity index (χ0v) is 17.3. The summed E-state index contributed by atoms with van der Waals surface area (Å²) in [5.74, 6) is 0.774. The molecule has 1 aliphatic rings. The molecule has 2 aromatic rings. The van der Waals surface area contributed by atoms with E-state index in [9.17, 15) is 9.18 Å². The highest BCUT2D eigenvalue weighted by Gasteiger charge is 2.37. The van der Waals surface area contributed by atoms with Gasteiger partial charge in [0.2, 0.25) is 5.91 Å². The number of carbonyl (C=O) groups is 1. The molecule has 152 valence electrons. The summed E-state index contributed by atoms with van der Waals surface area (Å²) in [6, 6.07) is 18.5. The molecule has 29 heavy (non-hydrogen) atoms. The van der Waals surface area contributed by atoms with Gasteiger partial charge in [0.1, 0.15) is 0 Å². The fourth-order valence-electron chi connectivity index (χ4n) is 2.88. The number of aliphatic hydroxyl groups is 1. The number of aryl methyl sites for hydroxylation is 1. The molecule has 1 fully saturated rings. The third kappa shape index (κ3) is 6.73. The van der Waals surface area contributed by atoms with Gasteiger partial charge < -0.3 is 10.0 Å². The molecule has 0 saturated carbocycles. The van der Waals surface area contributed by atoms with Gasteiger partial charge >= 0.3 is 0 Å². The lowest BCUT2D eigenvalue weighted by Gasteiger charge is -2.40. The minimum Gasteiger partial charge on any atom is -0.396 e. The standard InChI is InChI=1S/C16H15NO.C8H11FOS/c1-12-7-9-13(10-8-12)15-11-16(18)17(15)14-5-3-2-4-6-14;1-2-3-8(4-5-9)11-7-6-10/h2-10,15H,11H2,1H3;2-5,10H,1,6-7H2/b;5-4-,8-3+/t15-;/m0./s1. The molecule has 3 rings (SSSR count). The molecule has 1 atom stereocenters. The van der Waals surface area contributed by atoms with Crippen LogP contribution in [0.3, 0.4) is 0 Å². The van der Waals surface area contributed by atoms with Crippen molar-refractivity contribution in [1.29, 1.82) is 0 Å². The summed E-state index contributed by atoms with van der Waals surface area (Å²) in [4.78, 5) is 14.4. The average molecular weight is 412 g/mol. The lowest BCUT2D eigenvalue weighted by Crippen LogP contribution is -2.46. The predicted molar refractivity (Wildman–Crippen MR) is 121 cm³/mol. The molecule has 0 radical (unpaired) electrons. The third-order valence-corrected chi connectivity index (χ3v) is 5.31. The van der Waals surface area contributed by atoms with Crippen LogP contribution in [0.4, 0.5) is 10.1 Å². The number of amides is 1. The minimum atomic E-state index is 0.0965. The molecular weight excluding hydrogens is 385 g/mol. The molecule has 1 aliphatic heterocycles. The summed E-state index contributed by atoms with van der Waals surface area (Å²) < 4.78 is 11.7. The average Bonchev–Trinajstić information content (AvgIpc) is 2.72. The highest BCUT2D eigenvalue weighted by Crippen LogP contribution is 2.38. The van der Waals surface area contributed by atoms with Gasteiger partial charge in [-0.15, -0.1) is 11.8 Å². The van der Waals surface area contributed by atoms with E-state index in [2.05, 4.69) is 37.8 Å². The highest BCUT2D eigenvalue weighted by molar-refractivity contribution is 8.03. The van der Waals surface area contributed by atoms with Crippen molar-refractivity contribution < 1.29 is 14.3 Å². The molecule has 0 unspecified atom stereocenters. The zero-order chi connectivity index (χ0) is 21.1. The number of allylic oxidation sites excluding steroid dienone is 3. The van der Waals surface area contributed by atoms with Crippen LogP contribution in [-0.2, 0) is 4.79 Å². The topological polar surface area (TPSA) is 40.5 Å². The molecule has 0 spiro atoms. The predicted octanol–water partition coefficient (Wildman–Crippen LogP) is 5.74. The van der Waals surface area contributed by atoms with Gasteiger partial charge in [-0.2, -0.15) is 0 Å². The smallest absolute Gasteiger partial charge is 0.230 e. The van der Waals surface area contributed by atoms with E-state index in [1.54, 1.807) is 12.2 Å². The quantitative estimate of drug-likeness (QED) is 0.467. The SMILES string of the molecule is C=C/C=C(\C=C/F)SCCO.Cc1ccc([C@@H]2CC(=O)N2c2ccccc2)cc1. The number of hydrogen-bond donors (Lipinski definition) is 1. The first-order valence-electron chi connectivity index (χ1n) is 9.37. The second-order valence-corrected chi connectivity index (χ2v) is 7.57. The van der Waals surface area contributed by atoms with Crippen molar-refractivity contribution in [2.75, 3.05) is 17.3 Å². The van der Waals surface area contributed by atoms with E-state index in [1.165, 1.54) is 29.0 Å². The number of carbonyl (C=O) groups excluding carboxylic acids is 1. The molecule has 0 aliphatic carbocycles. The lowest BCUT2D eigenvalue weighted by atomic mass is 9.92. The summed E-state index contributed by atoms with van der Waals surface area (Å²) >= 11 is 1.38. The van der Waals surface area contributed by atoms with Gasteiger partial charge in [-0.1, -0.05) is 60.7 Å². The molecule has 0 aromatic heterocycles. The summed E-state index contributed by atoms with van der Waals surface area (Å²) in [5.41, 5.74) is 3.44. The molecule has 1 saturated heterocycles. The molecule has 2 aromatic carbocycles. The maximum Gasteiger partial charge on any atom is 0.230 e. The number of aliphatic hydroxyl groups excluding tert-OH is 1. The van der Waals surface area contributed by atoms with E-state index in [0.29, 0.717) is 18.5 Å². The van der Waals surface area contributed by atoms with Crippen molar-refractivity contribution in [1.82, 2.24) is 0 Å². The molecule has 1 heterocycles. The molecular formula is C24H26FNO2S.